The normalized spacial score (nSPS) is 29.7. The fourth-order valence-electron chi connectivity index (χ4n) is 1.11. The molecule has 0 radical (unpaired) electrons. The van der Waals surface area contributed by atoms with Crippen molar-refractivity contribution in [3.05, 3.63) is 0 Å². The van der Waals surface area contributed by atoms with Crippen molar-refractivity contribution in [3.63, 3.8) is 0 Å². The van der Waals surface area contributed by atoms with E-state index in [0.29, 0.717) is 25.1 Å². The summed E-state index contributed by atoms with van der Waals surface area (Å²) >= 11 is 0. The summed E-state index contributed by atoms with van der Waals surface area (Å²) in [6.07, 6.45) is -0.295. The molecule has 1 aliphatic rings. The molecule has 0 aromatic heterocycles. The van der Waals surface area contributed by atoms with E-state index < -0.39 is 0 Å². The number of rotatable bonds is 2. The van der Waals surface area contributed by atoms with Crippen molar-refractivity contribution in [2.45, 2.75) is 32.9 Å². The molecule has 1 N–H and O–H groups in total. The second-order valence-electron chi connectivity index (χ2n) is 3.53. The van der Waals surface area contributed by atoms with E-state index in [-0.39, 0.29) is 6.10 Å². The third kappa shape index (κ3) is 2.15. The minimum absolute atomic E-state index is 0.295. The van der Waals surface area contributed by atoms with Crippen LogP contribution in [0.2, 0.25) is 0 Å². The Labute approximate surface area is 67.9 Å². The highest BCUT2D eigenvalue weighted by atomic mass is 16.7. The molecular formula is C8H17NO2. The van der Waals surface area contributed by atoms with Crippen LogP contribution >= 0.6 is 0 Å². The number of β-amino-alcohol motifs (C(OH)–C–C–N with tert-alkyl or cyclic N) is 1. The molecule has 0 saturated carbocycles. The maximum Gasteiger partial charge on any atom is 0.0958 e. The third-order valence-electron chi connectivity index (χ3n) is 2.24. The van der Waals surface area contributed by atoms with Gasteiger partial charge < -0.3 is 5.11 Å². The molecule has 0 amide bonds. The fourth-order valence-corrected chi connectivity index (χ4v) is 1.11. The summed E-state index contributed by atoms with van der Waals surface area (Å²) in [5.74, 6) is 0.570. The van der Waals surface area contributed by atoms with Gasteiger partial charge in [-0.15, -0.1) is 0 Å². The Balaban J connectivity index is 2.36. The van der Waals surface area contributed by atoms with Gasteiger partial charge in [-0.2, -0.15) is 5.06 Å². The molecule has 1 fully saturated rings. The van der Waals surface area contributed by atoms with E-state index in [4.69, 9.17) is 9.94 Å². The van der Waals surface area contributed by atoms with Gasteiger partial charge in [-0.1, -0.05) is 13.8 Å². The molecule has 1 aliphatic heterocycles. The van der Waals surface area contributed by atoms with Gasteiger partial charge in [0.05, 0.1) is 19.3 Å². The number of hydroxylamine groups is 2. The van der Waals surface area contributed by atoms with Gasteiger partial charge in [-0.3, -0.25) is 4.84 Å². The Morgan fingerprint density at radius 3 is 2.45 bits per heavy atom. The first-order valence-corrected chi connectivity index (χ1v) is 4.19. The molecule has 3 heteroatoms. The molecule has 0 aromatic carbocycles. The van der Waals surface area contributed by atoms with E-state index in [1.807, 2.05) is 5.06 Å². The molecule has 3 nitrogen and oxygen atoms in total. The maximum atomic E-state index is 9.16. The van der Waals surface area contributed by atoms with Gasteiger partial charge in [0, 0.05) is 6.04 Å². The van der Waals surface area contributed by atoms with Gasteiger partial charge in [0.25, 0.3) is 0 Å². The van der Waals surface area contributed by atoms with Crippen LogP contribution in [0.3, 0.4) is 0 Å². The highest BCUT2D eigenvalue weighted by Crippen LogP contribution is 2.15. The zero-order chi connectivity index (χ0) is 8.43. The van der Waals surface area contributed by atoms with Crippen molar-refractivity contribution < 1.29 is 9.94 Å². The second-order valence-corrected chi connectivity index (χ2v) is 3.53. The van der Waals surface area contributed by atoms with Crippen LogP contribution in [-0.2, 0) is 4.84 Å². The summed E-state index contributed by atoms with van der Waals surface area (Å²) in [7, 11) is 0. The summed E-state index contributed by atoms with van der Waals surface area (Å²) in [5.41, 5.74) is 0. The third-order valence-corrected chi connectivity index (χ3v) is 2.24. The monoisotopic (exact) mass is 159 g/mol. The number of hydrogen-bond acceptors (Lipinski definition) is 3. The van der Waals surface area contributed by atoms with E-state index in [9.17, 15) is 0 Å². The summed E-state index contributed by atoms with van der Waals surface area (Å²) in [4.78, 5) is 5.27. The van der Waals surface area contributed by atoms with E-state index in [2.05, 4.69) is 20.8 Å². The number of hydrogen-bond donors (Lipinski definition) is 1. The van der Waals surface area contributed by atoms with Gasteiger partial charge in [-0.25, -0.2) is 0 Å². The second kappa shape index (κ2) is 3.52. The quantitative estimate of drug-likeness (QED) is 0.641. The van der Waals surface area contributed by atoms with Gasteiger partial charge in [-0.05, 0) is 12.8 Å². The van der Waals surface area contributed by atoms with Crippen molar-refractivity contribution in [2.24, 2.45) is 5.92 Å². The Morgan fingerprint density at radius 2 is 2.09 bits per heavy atom. The zero-order valence-electron chi connectivity index (χ0n) is 7.45. The molecule has 1 saturated heterocycles. The Kier molecular flexibility index (Phi) is 2.87. The van der Waals surface area contributed by atoms with Gasteiger partial charge in [0.1, 0.15) is 0 Å². The van der Waals surface area contributed by atoms with Crippen molar-refractivity contribution in [2.75, 3.05) is 13.2 Å². The lowest BCUT2D eigenvalue weighted by Gasteiger charge is -2.25. The minimum atomic E-state index is -0.295. The average molecular weight is 159 g/mol. The molecule has 0 bridgehead atoms. The SMILES string of the molecule is CC(C)C(C)N1CC(O)CO1. The summed E-state index contributed by atoms with van der Waals surface area (Å²) in [6.45, 7) is 7.52. The number of aliphatic hydroxyl groups excluding tert-OH is 1. The van der Waals surface area contributed by atoms with Gasteiger partial charge in [0.15, 0.2) is 0 Å². The van der Waals surface area contributed by atoms with Crippen LogP contribution in [0.25, 0.3) is 0 Å². The number of nitrogens with zero attached hydrogens (tertiary/aromatic N) is 1. The molecular weight excluding hydrogens is 142 g/mol. The smallest absolute Gasteiger partial charge is 0.0958 e. The Hall–Kier alpha value is -0.120. The number of aliphatic hydroxyl groups is 1. The fraction of sp³-hybridized carbons (Fsp3) is 1.00. The lowest BCUT2D eigenvalue weighted by Crippen LogP contribution is -2.34. The minimum Gasteiger partial charge on any atom is -0.389 e. The van der Waals surface area contributed by atoms with Crippen LogP contribution < -0.4 is 0 Å². The van der Waals surface area contributed by atoms with E-state index in [1.54, 1.807) is 0 Å². The van der Waals surface area contributed by atoms with Crippen molar-refractivity contribution in [1.29, 1.82) is 0 Å². The molecule has 1 rings (SSSR count). The molecule has 0 spiro atoms. The molecule has 11 heavy (non-hydrogen) atoms. The van der Waals surface area contributed by atoms with E-state index in [0.717, 1.165) is 0 Å². The predicted octanol–water partition coefficient (Wildman–Crippen LogP) is 0.639. The molecule has 1 heterocycles. The van der Waals surface area contributed by atoms with Crippen molar-refractivity contribution in [1.82, 2.24) is 5.06 Å². The average Bonchev–Trinajstić information content (AvgIpc) is 2.34. The van der Waals surface area contributed by atoms with Crippen LogP contribution in [0.1, 0.15) is 20.8 Å². The maximum absolute atomic E-state index is 9.16. The van der Waals surface area contributed by atoms with Crippen LogP contribution in [0.4, 0.5) is 0 Å². The lowest BCUT2D eigenvalue weighted by molar-refractivity contribution is -0.146. The molecule has 2 atom stereocenters. The van der Waals surface area contributed by atoms with E-state index >= 15 is 0 Å². The van der Waals surface area contributed by atoms with Crippen LogP contribution in [0, 0.1) is 5.92 Å². The first-order chi connectivity index (χ1) is 5.11. The van der Waals surface area contributed by atoms with Crippen LogP contribution in [-0.4, -0.2) is 35.5 Å². The Bertz CT molecular complexity index is 127. The first-order valence-electron chi connectivity index (χ1n) is 4.19. The lowest BCUT2D eigenvalue weighted by atomic mass is 10.1. The summed E-state index contributed by atoms with van der Waals surface area (Å²) < 4.78 is 0. The predicted molar refractivity (Wildman–Crippen MR) is 43.0 cm³/mol. The molecule has 2 unspecified atom stereocenters. The first kappa shape index (κ1) is 8.97. The topological polar surface area (TPSA) is 32.7 Å². The Morgan fingerprint density at radius 1 is 1.45 bits per heavy atom. The summed E-state index contributed by atoms with van der Waals surface area (Å²) in [6, 6.07) is 0.396. The van der Waals surface area contributed by atoms with Crippen molar-refractivity contribution in [3.8, 4) is 0 Å². The highest BCUT2D eigenvalue weighted by Gasteiger charge is 2.26. The van der Waals surface area contributed by atoms with E-state index in [1.165, 1.54) is 0 Å². The van der Waals surface area contributed by atoms with Crippen molar-refractivity contribution >= 4 is 0 Å². The van der Waals surface area contributed by atoms with Gasteiger partial charge >= 0.3 is 0 Å². The summed E-state index contributed by atoms with van der Waals surface area (Å²) in [5, 5.41) is 11.0. The zero-order valence-corrected chi connectivity index (χ0v) is 7.45. The van der Waals surface area contributed by atoms with Crippen LogP contribution in [0.5, 0.6) is 0 Å². The highest BCUT2D eigenvalue weighted by molar-refractivity contribution is 4.71. The molecule has 0 aliphatic carbocycles. The largest absolute Gasteiger partial charge is 0.389 e. The van der Waals surface area contributed by atoms with Crippen LogP contribution in [0.15, 0.2) is 0 Å². The van der Waals surface area contributed by atoms with Gasteiger partial charge in [0.2, 0.25) is 0 Å². The molecule has 0 aromatic rings. The molecule has 66 valence electrons. The standard InChI is InChI=1S/C8H17NO2/c1-6(2)7(3)9-4-8(10)5-11-9/h6-8,10H,4-5H2,1-3H3.